The highest BCUT2D eigenvalue weighted by Crippen LogP contribution is 2.37. The van der Waals surface area contributed by atoms with Crippen molar-refractivity contribution < 1.29 is 18.6 Å². The van der Waals surface area contributed by atoms with Crippen molar-refractivity contribution in [2.24, 2.45) is 0 Å². The highest BCUT2D eigenvalue weighted by Gasteiger charge is 2.17. The fourth-order valence-corrected chi connectivity index (χ4v) is 3.83. The number of halogens is 3. The highest BCUT2D eigenvalue weighted by molar-refractivity contribution is 9.10. The highest BCUT2D eigenvalue weighted by atomic mass is 79.9. The van der Waals surface area contributed by atoms with Crippen LogP contribution in [0.15, 0.2) is 34.8 Å². The van der Waals surface area contributed by atoms with Crippen LogP contribution in [0.2, 0.25) is 5.02 Å². The lowest BCUT2D eigenvalue weighted by Crippen LogP contribution is -2.40. The Bertz CT molecular complexity index is 799. The molecule has 0 atom stereocenters. The zero-order valence-corrected chi connectivity index (χ0v) is 18.7. The second kappa shape index (κ2) is 11.1. The Morgan fingerprint density at radius 1 is 1.21 bits per heavy atom. The molecule has 1 N–H and O–H groups in total. The molecule has 1 fully saturated rings. The van der Waals surface area contributed by atoms with E-state index in [0.717, 1.165) is 49.4 Å². The molecule has 1 heterocycles. The van der Waals surface area contributed by atoms with Crippen molar-refractivity contribution in [2.75, 3.05) is 46.5 Å². The Balaban J connectivity index is 1.67. The van der Waals surface area contributed by atoms with Crippen LogP contribution in [0.4, 0.5) is 4.39 Å². The molecule has 5 nitrogen and oxygen atoms in total. The second-order valence-electron chi connectivity index (χ2n) is 6.68. The topological polar surface area (TPSA) is 43.0 Å². The van der Waals surface area contributed by atoms with E-state index in [1.165, 1.54) is 6.07 Å². The smallest absolute Gasteiger partial charge is 0.167 e. The molecule has 0 radical (unpaired) electrons. The van der Waals surface area contributed by atoms with Gasteiger partial charge in [0.1, 0.15) is 12.4 Å². The number of rotatable bonds is 9. The van der Waals surface area contributed by atoms with E-state index in [1.807, 2.05) is 12.1 Å². The van der Waals surface area contributed by atoms with Crippen molar-refractivity contribution in [3.63, 3.8) is 0 Å². The van der Waals surface area contributed by atoms with Gasteiger partial charge in [0, 0.05) is 48.3 Å². The molecule has 0 amide bonds. The summed E-state index contributed by atoms with van der Waals surface area (Å²) < 4.78 is 31.8. The molecular weight excluding hydrogens is 463 g/mol. The van der Waals surface area contributed by atoms with E-state index in [-0.39, 0.29) is 6.61 Å². The number of hydrogen-bond acceptors (Lipinski definition) is 5. The van der Waals surface area contributed by atoms with Crippen LogP contribution in [-0.4, -0.2) is 51.4 Å². The standard InChI is InChI=1S/C21H25BrClFN2O3/c1-27-20-6-5-17(22)15(13-25-7-8-26-9-11-28-12-10-26)21(20)29-14-16-18(23)3-2-4-19(16)24/h2-6,25H,7-14H2,1H3. The zero-order chi connectivity index (χ0) is 20.6. The fourth-order valence-electron chi connectivity index (χ4n) is 3.16. The monoisotopic (exact) mass is 486 g/mol. The number of nitrogens with one attached hydrogen (secondary N) is 1. The third kappa shape index (κ3) is 6.06. The molecular formula is C21H25BrClFN2O3. The average Bonchev–Trinajstić information content (AvgIpc) is 2.73. The molecule has 2 aromatic rings. The van der Waals surface area contributed by atoms with Gasteiger partial charge in [0.15, 0.2) is 11.5 Å². The summed E-state index contributed by atoms with van der Waals surface area (Å²) in [7, 11) is 1.59. The van der Waals surface area contributed by atoms with Gasteiger partial charge in [0.2, 0.25) is 0 Å². The normalized spacial score (nSPS) is 14.8. The maximum absolute atomic E-state index is 14.1. The Hall–Kier alpha value is -1.38. The maximum Gasteiger partial charge on any atom is 0.167 e. The van der Waals surface area contributed by atoms with Gasteiger partial charge < -0.3 is 19.5 Å². The van der Waals surface area contributed by atoms with Gasteiger partial charge in [-0.2, -0.15) is 0 Å². The van der Waals surface area contributed by atoms with E-state index < -0.39 is 5.82 Å². The van der Waals surface area contributed by atoms with Crippen LogP contribution in [-0.2, 0) is 17.9 Å². The summed E-state index contributed by atoms with van der Waals surface area (Å²) >= 11 is 9.72. The first-order valence-electron chi connectivity index (χ1n) is 9.52. The van der Waals surface area contributed by atoms with Crippen molar-refractivity contribution in [1.82, 2.24) is 10.2 Å². The first-order valence-corrected chi connectivity index (χ1v) is 10.7. The Labute approximate surface area is 184 Å². The van der Waals surface area contributed by atoms with Crippen LogP contribution >= 0.6 is 27.5 Å². The van der Waals surface area contributed by atoms with Gasteiger partial charge in [-0.1, -0.05) is 33.6 Å². The largest absolute Gasteiger partial charge is 0.493 e. The molecule has 1 saturated heterocycles. The lowest BCUT2D eigenvalue weighted by atomic mass is 10.1. The van der Waals surface area contributed by atoms with Crippen LogP contribution in [0.25, 0.3) is 0 Å². The van der Waals surface area contributed by atoms with Gasteiger partial charge in [-0.15, -0.1) is 0 Å². The van der Waals surface area contributed by atoms with E-state index in [1.54, 1.807) is 19.2 Å². The van der Waals surface area contributed by atoms with Gasteiger partial charge in [-0.25, -0.2) is 4.39 Å². The van der Waals surface area contributed by atoms with Crippen LogP contribution < -0.4 is 14.8 Å². The summed E-state index contributed by atoms with van der Waals surface area (Å²) in [6.45, 7) is 5.89. The molecule has 0 aliphatic carbocycles. The minimum absolute atomic E-state index is 0.0130. The number of nitrogens with zero attached hydrogens (tertiary/aromatic N) is 1. The van der Waals surface area contributed by atoms with Gasteiger partial charge in [0.25, 0.3) is 0 Å². The van der Waals surface area contributed by atoms with Gasteiger partial charge in [-0.3, -0.25) is 4.90 Å². The number of hydrogen-bond donors (Lipinski definition) is 1. The first-order chi connectivity index (χ1) is 14.1. The predicted octanol–water partition coefficient (Wildman–Crippen LogP) is 4.25. The van der Waals surface area contributed by atoms with Crippen LogP contribution in [0, 0.1) is 5.82 Å². The number of benzene rings is 2. The molecule has 1 aliphatic heterocycles. The van der Waals surface area contributed by atoms with Crippen molar-refractivity contribution in [1.29, 1.82) is 0 Å². The Kier molecular flexibility index (Phi) is 8.56. The predicted molar refractivity (Wildman–Crippen MR) is 115 cm³/mol. The van der Waals surface area contributed by atoms with Crippen molar-refractivity contribution in [2.45, 2.75) is 13.2 Å². The summed E-state index contributed by atoms with van der Waals surface area (Å²) in [4.78, 5) is 2.37. The Morgan fingerprint density at radius 2 is 2.00 bits per heavy atom. The molecule has 0 bridgehead atoms. The lowest BCUT2D eigenvalue weighted by Gasteiger charge is -2.26. The van der Waals surface area contributed by atoms with Gasteiger partial charge in [-0.05, 0) is 24.3 Å². The first kappa shape index (κ1) is 22.3. The summed E-state index contributed by atoms with van der Waals surface area (Å²) in [6.07, 6.45) is 0. The van der Waals surface area contributed by atoms with Crippen LogP contribution in [0.5, 0.6) is 11.5 Å². The molecule has 1 aliphatic rings. The lowest BCUT2D eigenvalue weighted by molar-refractivity contribution is 0.0384. The molecule has 0 unspecified atom stereocenters. The van der Waals surface area contributed by atoms with E-state index in [2.05, 4.69) is 26.1 Å². The molecule has 0 aromatic heterocycles. The molecule has 3 rings (SSSR count). The molecule has 158 valence electrons. The Morgan fingerprint density at radius 3 is 2.72 bits per heavy atom. The van der Waals surface area contributed by atoms with Crippen molar-refractivity contribution in [3.05, 3.63) is 56.8 Å². The summed E-state index contributed by atoms with van der Waals surface area (Å²) in [5.74, 6) is 0.766. The molecule has 2 aromatic carbocycles. The third-order valence-corrected chi connectivity index (χ3v) is 5.92. The van der Waals surface area contributed by atoms with Crippen LogP contribution in [0.3, 0.4) is 0 Å². The summed E-state index contributed by atoms with van der Waals surface area (Å²) in [5.41, 5.74) is 1.24. The van der Waals surface area contributed by atoms with E-state index in [0.29, 0.717) is 28.6 Å². The van der Waals surface area contributed by atoms with E-state index >= 15 is 0 Å². The van der Waals surface area contributed by atoms with Gasteiger partial charge >= 0.3 is 0 Å². The second-order valence-corrected chi connectivity index (χ2v) is 7.94. The van der Waals surface area contributed by atoms with Gasteiger partial charge in [0.05, 0.1) is 25.3 Å². The third-order valence-electron chi connectivity index (χ3n) is 4.82. The molecule has 0 spiro atoms. The van der Waals surface area contributed by atoms with E-state index in [9.17, 15) is 4.39 Å². The summed E-state index contributed by atoms with van der Waals surface area (Å²) in [6, 6.07) is 8.33. The quantitative estimate of drug-likeness (QED) is 0.536. The van der Waals surface area contributed by atoms with Crippen molar-refractivity contribution >= 4 is 27.5 Å². The minimum atomic E-state index is -0.392. The molecule has 29 heavy (non-hydrogen) atoms. The van der Waals surface area contributed by atoms with Crippen LogP contribution in [0.1, 0.15) is 11.1 Å². The van der Waals surface area contributed by atoms with Crippen molar-refractivity contribution in [3.8, 4) is 11.5 Å². The number of methoxy groups -OCH3 is 1. The SMILES string of the molecule is COc1ccc(Br)c(CNCCN2CCOCC2)c1OCc1c(F)cccc1Cl. The zero-order valence-electron chi connectivity index (χ0n) is 16.3. The molecule has 0 saturated carbocycles. The average molecular weight is 488 g/mol. The molecule has 8 heteroatoms. The van der Waals surface area contributed by atoms with E-state index in [4.69, 9.17) is 25.8 Å². The maximum atomic E-state index is 14.1. The number of morpholine rings is 1. The minimum Gasteiger partial charge on any atom is -0.493 e. The fraction of sp³-hybridized carbons (Fsp3) is 0.429. The summed E-state index contributed by atoms with van der Waals surface area (Å²) in [5, 5.41) is 3.79. The number of ether oxygens (including phenoxy) is 3.